The summed E-state index contributed by atoms with van der Waals surface area (Å²) < 4.78 is 0. The van der Waals surface area contributed by atoms with Crippen LogP contribution in [0.3, 0.4) is 0 Å². The normalized spacial score (nSPS) is 9.23. The van der Waals surface area contributed by atoms with Crippen molar-refractivity contribution < 1.29 is 4.79 Å². The molecule has 0 aliphatic rings. The van der Waals surface area contributed by atoms with Gasteiger partial charge in [-0.2, -0.15) is 5.26 Å². The Labute approximate surface area is 79.3 Å². The minimum absolute atomic E-state index is 0.0597. The summed E-state index contributed by atoms with van der Waals surface area (Å²) >= 11 is 0. The van der Waals surface area contributed by atoms with E-state index in [0.717, 1.165) is 19.4 Å². The summed E-state index contributed by atoms with van der Waals surface area (Å²) in [5.41, 5.74) is 0. The summed E-state index contributed by atoms with van der Waals surface area (Å²) in [7, 11) is 1.63. The Balaban J connectivity index is 3.00. The molecule has 74 valence electrons. The maximum absolute atomic E-state index is 10.8. The molecule has 0 rings (SSSR count). The zero-order valence-corrected chi connectivity index (χ0v) is 8.10. The van der Waals surface area contributed by atoms with Crippen LogP contribution in [0.2, 0.25) is 0 Å². The van der Waals surface area contributed by atoms with Gasteiger partial charge in [0.25, 0.3) is 0 Å². The number of nitrogens with zero attached hydrogens (tertiary/aromatic N) is 1. The molecule has 0 unspecified atom stereocenters. The number of unbranched alkanes of at least 4 members (excludes halogenated alkanes) is 2. The van der Waals surface area contributed by atoms with Crippen LogP contribution in [0.15, 0.2) is 0 Å². The fraction of sp³-hybridized carbons (Fsp3) is 0.778. The highest BCUT2D eigenvalue weighted by Crippen LogP contribution is 1.91. The van der Waals surface area contributed by atoms with Crippen molar-refractivity contribution >= 4 is 5.91 Å². The molecule has 4 heteroatoms. The van der Waals surface area contributed by atoms with Gasteiger partial charge in [0, 0.05) is 26.4 Å². The molecule has 0 saturated carbocycles. The lowest BCUT2D eigenvalue weighted by atomic mass is 10.2. The van der Waals surface area contributed by atoms with Crippen molar-refractivity contribution in [2.45, 2.75) is 25.7 Å². The van der Waals surface area contributed by atoms with Gasteiger partial charge in [-0.05, 0) is 19.4 Å². The van der Waals surface area contributed by atoms with E-state index >= 15 is 0 Å². The van der Waals surface area contributed by atoms with Gasteiger partial charge in [0.2, 0.25) is 5.91 Å². The van der Waals surface area contributed by atoms with Crippen molar-refractivity contribution in [2.75, 3.05) is 20.1 Å². The molecule has 0 aliphatic carbocycles. The Morgan fingerprint density at radius 1 is 1.38 bits per heavy atom. The Morgan fingerprint density at radius 2 is 2.15 bits per heavy atom. The molecule has 2 N–H and O–H groups in total. The van der Waals surface area contributed by atoms with Crippen LogP contribution in [0.1, 0.15) is 25.7 Å². The van der Waals surface area contributed by atoms with Crippen LogP contribution < -0.4 is 10.6 Å². The van der Waals surface area contributed by atoms with E-state index in [9.17, 15) is 4.79 Å². The Morgan fingerprint density at radius 3 is 2.77 bits per heavy atom. The predicted octanol–water partition coefficient (Wildman–Crippen LogP) is 0.406. The van der Waals surface area contributed by atoms with E-state index in [0.29, 0.717) is 19.4 Å². The first-order valence-electron chi connectivity index (χ1n) is 4.59. The molecule has 0 aliphatic heterocycles. The van der Waals surface area contributed by atoms with Crippen molar-refractivity contribution in [3.05, 3.63) is 0 Å². The zero-order valence-electron chi connectivity index (χ0n) is 8.10. The molecule has 0 aromatic rings. The van der Waals surface area contributed by atoms with Crippen molar-refractivity contribution in [2.24, 2.45) is 0 Å². The number of carbonyl (C=O) groups is 1. The van der Waals surface area contributed by atoms with Gasteiger partial charge in [-0.1, -0.05) is 0 Å². The number of nitrogens with one attached hydrogen (secondary N) is 2. The van der Waals surface area contributed by atoms with Gasteiger partial charge in [0.05, 0.1) is 6.07 Å². The summed E-state index contributed by atoms with van der Waals surface area (Å²) in [6.07, 6.45) is 3.08. The lowest BCUT2D eigenvalue weighted by Gasteiger charge is -2.02. The van der Waals surface area contributed by atoms with Crippen molar-refractivity contribution in [3.8, 4) is 6.07 Å². The van der Waals surface area contributed by atoms with Crippen molar-refractivity contribution in [3.63, 3.8) is 0 Å². The van der Waals surface area contributed by atoms with E-state index < -0.39 is 0 Å². The van der Waals surface area contributed by atoms with Gasteiger partial charge in [-0.25, -0.2) is 0 Å². The van der Waals surface area contributed by atoms with Gasteiger partial charge >= 0.3 is 0 Å². The molecule has 0 aromatic heterocycles. The van der Waals surface area contributed by atoms with Crippen molar-refractivity contribution in [1.29, 1.82) is 5.26 Å². The summed E-state index contributed by atoms with van der Waals surface area (Å²) in [6.45, 7) is 1.60. The summed E-state index contributed by atoms with van der Waals surface area (Å²) in [6, 6.07) is 2.09. The monoisotopic (exact) mass is 183 g/mol. The van der Waals surface area contributed by atoms with Gasteiger partial charge in [-0.3, -0.25) is 4.79 Å². The third kappa shape index (κ3) is 8.83. The highest BCUT2D eigenvalue weighted by molar-refractivity contribution is 5.75. The third-order valence-corrected chi connectivity index (χ3v) is 1.70. The molecule has 0 spiro atoms. The molecule has 0 atom stereocenters. The smallest absolute Gasteiger partial charge is 0.221 e. The van der Waals surface area contributed by atoms with E-state index in [1.165, 1.54) is 0 Å². The number of nitriles is 1. The second-order valence-corrected chi connectivity index (χ2v) is 2.79. The molecular formula is C9H17N3O. The molecule has 0 bridgehead atoms. The predicted molar refractivity (Wildman–Crippen MR) is 51.0 cm³/mol. The minimum Gasteiger partial charge on any atom is -0.359 e. The molecule has 1 amide bonds. The maximum atomic E-state index is 10.8. The molecule has 0 saturated heterocycles. The second kappa shape index (κ2) is 9.01. The first kappa shape index (κ1) is 11.9. The number of carbonyl (C=O) groups excluding carboxylic acids is 1. The largest absolute Gasteiger partial charge is 0.359 e. The first-order valence-corrected chi connectivity index (χ1v) is 4.59. The highest BCUT2D eigenvalue weighted by atomic mass is 16.1. The van der Waals surface area contributed by atoms with E-state index in [2.05, 4.69) is 16.7 Å². The first-order chi connectivity index (χ1) is 6.31. The van der Waals surface area contributed by atoms with E-state index in [4.69, 9.17) is 5.26 Å². The van der Waals surface area contributed by atoms with Crippen LogP contribution in [0.4, 0.5) is 0 Å². The Bertz CT molecular complexity index is 174. The SMILES string of the molecule is CNC(=O)CCNCCCCC#N. The van der Waals surface area contributed by atoms with Gasteiger partial charge in [0.1, 0.15) is 0 Å². The van der Waals surface area contributed by atoms with Crippen molar-refractivity contribution in [1.82, 2.24) is 10.6 Å². The topological polar surface area (TPSA) is 64.9 Å². The number of hydrogen-bond donors (Lipinski definition) is 2. The molecule has 13 heavy (non-hydrogen) atoms. The van der Waals surface area contributed by atoms with Gasteiger partial charge in [-0.15, -0.1) is 0 Å². The summed E-state index contributed by atoms with van der Waals surface area (Å²) in [5.74, 6) is 0.0597. The van der Waals surface area contributed by atoms with Crippen LogP contribution in [-0.2, 0) is 4.79 Å². The summed E-state index contributed by atoms with van der Waals surface area (Å²) in [4.78, 5) is 10.8. The average molecular weight is 183 g/mol. The fourth-order valence-electron chi connectivity index (χ4n) is 0.906. The zero-order chi connectivity index (χ0) is 9.94. The maximum Gasteiger partial charge on any atom is 0.221 e. The fourth-order valence-corrected chi connectivity index (χ4v) is 0.906. The molecule has 0 radical (unpaired) electrons. The molecule has 0 fully saturated rings. The van der Waals surface area contributed by atoms with Crippen LogP contribution in [0, 0.1) is 11.3 Å². The van der Waals surface area contributed by atoms with Crippen LogP contribution in [0.25, 0.3) is 0 Å². The molecule has 0 aromatic carbocycles. The average Bonchev–Trinajstić information content (AvgIpc) is 2.16. The Hall–Kier alpha value is -1.08. The second-order valence-electron chi connectivity index (χ2n) is 2.79. The van der Waals surface area contributed by atoms with Crippen LogP contribution >= 0.6 is 0 Å². The Kier molecular flexibility index (Phi) is 8.26. The quantitative estimate of drug-likeness (QED) is 0.562. The van der Waals surface area contributed by atoms with E-state index in [-0.39, 0.29) is 5.91 Å². The number of hydrogen-bond acceptors (Lipinski definition) is 3. The van der Waals surface area contributed by atoms with Gasteiger partial charge in [0.15, 0.2) is 0 Å². The third-order valence-electron chi connectivity index (χ3n) is 1.70. The molecular weight excluding hydrogens is 166 g/mol. The van der Waals surface area contributed by atoms with E-state index in [1.807, 2.05) is 0 Å². The van der Waals surface area contributed by atoms with E-state index in [1.54, 1.807) is 7.05 Å². The lowest BCUT2D eigenvalue weighted by Crippen LogP contribution is -2.25. The van der Waals surface area contributed by atoms with Crippen LogP contribution in [0.5, 0.6) is 0 Å². The number of amides is 1. The molecule has 4 nitrogen and oxygen atoms in total. The van der Waals surface area contributed by atoms with Gasteiger partial charge < -0.3 is 10.6 Å². The summed E-state index contributed by atoms with van der Waals surface area (Å²) in [5, 5.41) is 13.9. The highest BCUT2D eigenvalue weighted by Gasteiger charge is 1.95. The van der Waals surface area contributed by atoms with Crippen LogP contribution in [-0.4, -0.2) is 26.0 Å². The number of rotatable bonds is 7. The lowest BCUT2D eigenvalue weighted by molar-refractivity contribution is -0.120. The minimum atomic E-state index is 0.0597. The molecule has 0 heterocycles. The standard InChI is InChI=1S/C9H17N3O/c1-11-9(13)5-8-12-7-4-2-3-6-10/h12H,2-5,7-8H2,1H3,(H,11,13).